The van der Waals surface area contributed by atoms with Crippen LogP contribution in [0, 0.1) is 11.8 Å². The molecular weight excluding hydrogens is 376 g/mol. The fraction of sp³-hybridized carbons (Fsp3) is 0.833. The fourth-order valence-electron chi connectivity index (χ4n) is 3.97. The van der Waals surface area contributed by atoms with Gasteiger partial charge in [0.25, 0.3) is 0 Å². The summed E-state index contributed by atoms with van der Waals surface area (Å²) in [6.07, 6.45) is 3.78. The Labute approximate surface area is 179 Å². The van der Waals surface area contributed by atoms with Crippen molar-refractivity contribution in [3.8, 4) is 11.8 Å². The lowest BCUT2D eigenvalue weighted by molar-refractivity contribution is 0.209. The van der Waals surface area contributed by atoms with E-state index in [2.05, 4.69) is 101 Å². The molecule has 0 aliphatic carbocycles. The predicted molar refractivity (Wildman–Crippen MR) is 131 cm³/mol. The Bertz CT molecular complexity index is 511. The summed E-state index contributed by atoms with van der Waals surface area (Å²) in [5.74, 6) is 6.64. The molecule has 0 N–H and O–H groups in total. The van der Waals surface area contributed by atoms with Crippen molar-refractivity contribution in [2.45, 2.75) is 129 Å². The lowest BCUT2D eigenvalue weighted by Gasteiger charge is -2.44. The van der Waals surface area contributed by atoms with Crippen LogP contribution < -0.4 is 0 Å². The van der Waals surface area contributed by atoms with E-state index in [1.165, 1.54) is 0 Å². The van der Waals surface area contributed by atoms with Crippen LogP contribution in [0.25, 0.3) is 0 Å². The van der Waals surface area contributed by atoms with Crippen LogP contribution in [0.5, 0.6) is 0 Å². The van der Waals surface area contributed by atoms with Crippen molar-refractivity contribution in [1.82, 2.24) is 0 Å². The first kappa shape index (κ1) is 27.7. The predicted octanol–water partition coefficient (Wildman–Crippen LogP) is 7.93. The molecule has 0 amide bonds. The van der Waals surface area contributed by atoms with Gasteiger partial charge in [0, 0.05) is 6.42 Å². The van der Waals surface area contributed by atoms with E-state index >= 15 is 0 Å². The minimum Gasteiger partial charge on any atom is -0.410 e. The van der Waals surface area contributed by atoms with Crippen LogP contribution in [0.4, 0.5) is 0 Å². The molecule has 0 radical (unpaired) electrons. The summed E-state index contributed by atoms with van der Waals surface area (Å²) >= 11 is 0. The maximum absolute atomic E-state index is 6.83. The fourth-order valence-corrected chi connectivity index (χ4v) is 10.8. The third kappa shape index (κ3) is 7.48. The van der Waals surface area contributed by atoms with Crippen molar-refractivity contribution in [3.05, 3.63) is 12.7 Å². The van der Waals surface area contributed by atoms with Crippen LogP contribution in [0.15, 0.2) is 12.7 Å². The monoisotopic (exact) mass is 424 g/mol. The highest BCUT2D eigenvalue weighted by molar-refractivity contribution is 6.77. The molecule has 2 nitrogen and oxygen atoms in total. The van der Waals surface area contributed by atoms with E-state index in [4.69, 9.17) is 8.85 Å². The van der Waals surface area contributed by atoms with Crippen molar-refractivity contribution < 1.29 is 8.85 Å². The topological polar surface area (TPSA) is 18.5 Å². The van der Waals surface area contributed by atoms with Crippen LogP contribution in [-0.4, -0.2) is 28.8 Å². The molecule has 0 aliphatic rings. The van der Waals surface area contributed by atoms with Crippen LogP contribution in [0.1, 0.15) is 82.1 Å². The standard InChI is InChI=1S/C24H48O2Si2/c1-14-23(26-28(19(2)3,20(4)5)21(6)7)18-16-15-17-22(8)25-27(12,13)24(9,10)11/h14,19-23H,1,16,18H2,2-13H3. The van der Waals surface area contributed by atoms with Gasteiger partial charge in [0.1, 0.15) is 6.10 Å². The Morgan fingerprint density at radius 2 is 1.36 bits per heavy atom. The summed E-state index contributed by atoms with van der Waals surface area (Å²) in [4.78, 5) is 0. The SMILES string of the molecule is C=CC(CCC#CC(C)O[Si](C)(C)C(C)(C)C)O[Si](C(C)C)(C(C)C)C(C)C. The molecule has 0 rings (SSSR count). The Morgan fingerprint density at radius 3 is 1.71 bits per heavy atom. The van der Waals surface area contributed by atoms with Crippen molar-refractivity contribution >= 4 is 16.6 Å². The van der Waals surface area contributed by atoms with E-state index in [-0.39, 0.29) is 17.2 Å². The minimum absolute atomic E-state index is 0.0144. The summed E-state index contributed by atoms with van der Waals surface area (Å²) in [6, 6.07) is 0. The van der Waals surface area contributed by atoms with E-state index in [9.17, 15) is 0 Å². The zero-order chi connectivity index (χ0) is 22.3. The average molecular weight is 425 g/mol. The lowest BCUT2D eigenvalue weighted by Crippen LogP contribution is -2.49. The molecule has 0 aromatic rings. The maximum atomic E-state index is 6.83. The van der Waals surface area contributed by atoms with E-state index in [0.29, 0.717) is 16.6 Å². The molecule has 28 heavy (non-hydrogen) atoms. The normalized spacial score (nSPS) is 15.5. The summed E-state index contributed by atoms with van der Waals surface area (Å²) in [5.41, 5.74) is 1.75. The Hall–Kier alpha value is -0.346. The van der Waals surface area contributed by atoms with Crippen molar-refractivity contribution in [3.63, 3.8) is 0 Å². The first-order valence-corrected chi connectivity index (χ1v) is 16.1. The first-order chi connectivity index (χ1) is 12.6. The molecular formula is C24H48O2Si2. The number of hydrogen-bond acceptors (Lipinski definition) is 2. The molecule has 0 saturated carbocycles. The van der Waals surface area contributed by atoms with Crippen LogP contribution >= 0.6 is 0 Å². The van der Waals surface area contributed by atoms with Crippen molar-refractivity contribution in [1.29, 1.82) is 0 Å². The van der Waals surface area contributed by atoms with Gasteiger partial charge in [0.15, 0.2) is 8.32 Å². The van der Waals surface area contributed by atoms with Gasteiger partial charge < -0.3 is 8.85 Å². The van der Waals surface area contributed by atoms with Gasteiger partial charge in [-0.05, 0) is 48.1 Å². The van der Waals surface area contributed by atoms with E-state index < -0.39 is 16.6 Å². The molecule has 0 aromatic heterocycles. The lowest BCUT2D eigenvalue weighted by atomic mass is 10.2. The average Bonchev–Trinajstić information content (AvgIpc) is 2.51. The summed E-state index contributed by atoms with van der Waals surface area (Å²) in [7, 11) is -3.65. The molecule has 0 aliphatic heterocycles. The number of rotatable bonds is 10. The van der Waals surface area contributed by atoms with Crippen LogP contribution in [0.3, 0.4) is 0 Å². The maximum Gasteiger partial charge on any atom is 0.201 e. The molecule has 4 heteroatoms. The second-order valence-corrected chi connectivity index (χ2v) is 20.8. The molecule has 2 unspecified atom stereocenters. The van der Waals surface area contributed by atoms with Gasteiger partial charge in [0.05, 0.1) is 6.10 Å². The Morgan fingerprint density at radius 1 is 0.893 bits per heavy atom. The van der Waals surface area contributed by atoms with Crippen LogP contribution in [0.2, 0.25) is 34.8 Å². The zero-order valence-corrected chi connectivity index (χ0v) is 22.9. The molecule has 0 spiro atoms. The molecule has 164 valence electrons. The third-order valence-electron chi connectivity index (χ3n) is 6.46. The second kappa shape index (κ2) is 11.2. The molecule has 0 bridgehead atoms. The van der Waals surface area contributed by atoms with Crippen molar-refractivity contribution in [2.24, 2.45) is 0 Å². The summed E-state index contributed by atoms with van der Waals surface area (Å²) in [6.45, 7) is 31.4. The quantitative estimate of drug-likeness (QED) is 0.201. The second-order valence-electron chi connectivity index (χ2n) is 10.6. The van der Waals surface area contributed by atoms with Gasteiger partial charge in [-0.25, -0.2) is 0 Å². The first-order valence-electron chi connectivity index (χ1n) is 11.1. The molecule has 0 fully saturated rings. The smallest absolute Gasteiger partial charge is 0.201 e. The van der Waals surface area contributed by atoms with E-state index in [0.717, 1.165) is 12.8 Å². The van der Waals surface area contributed by atoms with Gasteiger partial charge in [-0.3, -0.25) is 0 Å². The zero-order valence-electron chi connectivity index (χ0n) is 20.9. The van der Waals surface area contributed by atoms with E-state index in [1.54, 1.807) is 0 Å². The largest absolute Gasteiger partial charge is 0.410 e. The molecule has 0 saturated heterocycles. The highest BCUT2D eigenvalue weighted by atomic mass is 28.4. The summed E-state index contributed by atoms with van der Waals surface area (Å²) in [5, 5.41) is 0.212. The third-order valence-corrected chi connectivity index (χ3v) is 17.1. The van der Waals surface area contributed by atoms with E-state index in [1.807, 2.05) is 6.08 Å². The van der Waals surface area contributed by atoms with Gasteiger partial charge in [-0.1, -0.05) is 74.3 Å². The van der Waals surface area contributed by atoms with Gasteiger partial charge >= 0.3 is 0 Å². The molecule has 0 heterocycles. The highest BCUT2D eigenvalue weighted by Crippen LogP contribution is 2.43. The summed E-state index contributed by atoms with van der Waals surface area (Å²) < 4.78 is 13.2. The Kier molecular flexibility index (Phi) is 11.0. The van der Waals surface area contributed by atoms with Gasteiger partial charge in [-0.15, -0.1) is 12.5 Å². The highest BCUT2D eigenvalue weighted by Gasteiger charge is 2.46. The van der Waals surface area contributed by atoms with Crippen LogP contribution in [-0.2, 0) is 8.85 Å². The molecule has 2 atom stereocenters. The van der Waals surface area contributed by atoms with Gasteiger partial charge in [-0.2, -0.15) is 0 Å². The number of hydrogen-bond donors (Lipinski definition) is 0. The van der Waals surface area contributed by atoms with Gasteiger partial charge in [0.2, 0.25) is 8.32 Å². The Balaban J connectivity index is 4.98. The van der Waals surface area contributed by atoms with Crippen molar-refractivity contribution in [2.75, 3.05) is 0 Å². The molecule has 0 aromatic carbocycles. The minimum atomic E-state index is -1.88.